The number of hydrogen-bond donors (Lipinski definition) is 1. The molecule has 0 aromatic heterocycles. The second-order valence-corrected chi connectivity index (χ2v) is 11.6. The van der Waals surface area contributed by atoms with Gasteiger partial charge in [0.15, 0.2) is 0 Å². The van der Waals surface area contributed by atoms with Crippen molar-refractivity contribution in [3.8, 4) is 5.75 Å². The van der Waals surface area contributed by atoms with Crippen LogP contribution in [-0.2, 0) is 35.1 Å². The summed E-state index contributed by atoms with van der Waals surface area (Å²) in [5, 5.41) is 15.2. The molecule has 0 aliphatic rings. The molecule has 0 saturated heterocycles. The Morgan fingerprint density at radius 3 is 1.43 bits per heavy atom. The van der Waals surface area contributed by atoms with Gasteiger partial charge in [0.25, 0.3) is 0 Å². The van der Waals surface area contributed by atoms with Crippen molar-refractivity contribution in [2.75, 3.05) is 0 Å². The van der Waals surface area contributed by atoms with Gasteiger partial charge in [0.05, 0.1) is 0 Å². The van der Waals surface area contributed by atoms with Gasteiger partial charge in [-0.15, -0.1) is 81.2 Å². The van der Waals surface area contributed by atoms with Crippen molar-refractivity contribution in [2.24, 2.45) is 0 Å². The normalized spacial score (nSPS) is 11.1. The molecule has 0 bridgehead atoms. The topological polar surface area (TPSA) is 20.2 Å². The second kappa shape index (κ2) is 13.3. The number of aromatic hydroxyl groups is 1. The van der Waals surface area contributed by atoms with Gasteiger partial charge in [-0.1, -0.05) is 79.7 Å². The summed E-state index contributed by atoms with van der Waals surface area (Å²) in [6.45, 7) is 17.2. The molecule has 0 unspecified atom stereocenters. The molecule has 0 atom stereocenters. The van der Waals surface area contributed by atoms with E-state index in [-0.39, 0.29) is 10.8 Å². The molecule has 1 nitrogen and oxygen atoms in total. The van der Waals surface area contributed by atoms with Gasteiger partial charge in [0.1, 0.15) is 5.75 Å². The zero-order valence-corrected chi connectivity index (χ0v) is 26.3. The van der Waals surface area contributed by atoms with Gasteiger partial charge in [-0.3, -0.25) is 0 Å². The van der Waals surface area contributed by atoms with E-state index in [0.29, 0.717) is 5.75 Å². The molecule has 0 heterocycles. The Labute approximate surface area is 239 Å². The maximum absolute atomic E-state index is 9.84. The number of hydrogen-bond acceptors (Lipinski definition) is 1. The van der Waals surface area contributed by atoms with Crippen LogP contribution >= 0.6 is 0 Å². The van der Waals surface area contributed by atoms with E-state index in [2.05, 4.69) is 138 Å². The van der Waals surface area contributed by atoms with Crippen LogP contribution < -0.4 is 0 Å². The fourth-order valence-electron chi connectivity index (χ4n) is 4.22. The second-order valence-electron chi connectivity index (χ2n) is 11.6. The predicted octanol–water partition coefficient (Wildman–Crippen LogP) is 9.69. The van der Waals surface area contributed by atoms with Crippen LogP contribution in [0, 0.1) is 13.8 Å². The number of aryl methyl sites for hydroxylation is 2. The average Bonchev–Trinajstić information content (AvgIpc) is 3.40. The molecule has 0 radical (unpaired) electrons. The third kappa shape index (κ3) is 9.04. The van der Waals surface area contributed by atoms with E-state index in [1.54, 1.807) is 6.07 Å². The molecule has 1 N–H and O–H groups in total. The Morgan fingerprint density at radius 2 is 1.05 bits per heavy atom. The molecule has 37 heavy (non-hydrogen) atoms. The fourth-order valence-corrected chi connectivity index (χ4v) is 4.22. The third-order valence-corrected chi connectivity index (χ3v) is 6.20. The molecule has 0 fully saturated rings. The van der Waals surface area contributed by atoms with Crippen molar-refractivity contribution in [2.45, 2.75) is 66.2 Å². The van der Waals surface area contributed by atoms with Crippen molar-refractivity contribution in [3.05, 3.63) is 113 Å². The molecule has 5 aromatic rings. The van der Waals surface area contributed by atoms with Crippen molar-refractivity contribution >= 4 is 25.8 Å². The Hall–Kier alpha value is -2.57. The van der Waals surface area contributed by atoms with Gasteiger partial charge in [0.2, 0.25) is 0 Å². The first-order chi connectivity index (χ1) is 17.3. The molecule has 5 rings (SSSR count). The van der Waals surface area contributed by atoms with Gasteiger partial charge >= 0.3 is 28.4 Å². The third-order valence-electron chi connectivity index (χ3n) is 6.20. The van der Waals surface area contributed by atoms with Crippen LogP contribution in [0.1, 0.15) is 63.8 Å². The molecule has 5 aromatic carbocycles. The van der Waals surface area contributed by atoms with Gasteiger partial charge < -0.3 is 5.11 Å². The van der Waals surface area contributed by atoms with Gasteiger partial charge in [-0.2, -0.15) is 12.1 Å². The van der Waals surface area contributed by atoms with Crippen LogP contribution in [-0.4, -0.2) is 9.32 Å². The molecule has 0 saturated carbocycles. The fraction of sp³-hybridized carbons (Fsp3) is 0.286. The molecule has 0 aliphatic heterocycles. The number of phenols is 1. The molecule has 0 aliphatic carbocycles. The minimum atomic E-state index is -0.00859. The molecule has 0 amide bonds. The Bertz CT molecular complexity index is 1260. The van der Waals surface area contributed by atoms with E-state index in [1.165, 1.54) is 62.5 Å². The first-order valence-corrected chi connectivity index (χ1v) is 14.5. The predicted molar refractivity (Wildman–Crippen MR) is 161 cm³/mol. The zero-order valence-electron chi connectivity index (χ0n) is 23.8. The van der Waals surface area contributed by atoms with E-state index < -0.39 is 0 Å². The van der Waals surface area contributed by atoms with Gasteiger partial charge in [0, 0.05) is 0 Å². The molecule has 2 heteroatoms. The SMILES string of the molecule is CC(C)(C)c1ccc(O)c(C(C)(C)C)c1.Cc1cc2ccccc2[cH-]1.Cc1cc2ccccc2[cH-]1.[CH2]=[Zr+2]. The average molecular weight is 570 g/mol. The maximum atomic E-state index is 9.84. The molecule has 0 spiro atoms. The van der Waals surface area contributed by atoms with Crippen molar-refractivity contribution in [1.82, 2.24) is 0 Å². The summed E-state index contributed by atoms with van der Waals surface area (Å²) in [5.74, 6) is 0.399. The Morgan fingerprint density at radius 1 is 0.622 bits per heavy atom. The summed E-state index contributed by atoms with van der Waals surface area (Å²) in [6.07, 6.45) is 0. The monoisotopic (exact) mass is 568 g/mol. The van der Waals surface area contributed by atoms with Crippen LogP contribution in [0.15, 0.2) is 91.0 Å². The first kappa shape index (κ1) is 30.7. The summed E-state index contributed by atoms with van der Waals surface area (Å²) in [7, 11) is 0. The number of rotatable bonds is 0. The van der Waals surface area contributed by atoms with Crippen molar-refractivity contribution in [1.29, 1.82) is 0 Å². The zero-order chi connectivity index (χ0) is 27.8. The van der Waals surface area contributed by atoms with Crippen LogP contribution in [0.2, 0.25) is 0 Å². The quantitative estimate of drug-likeness (QED) is 0.184. The van der Waals surface area contributed by atoms with Crippen molar-refractivity contribution < 1.29 is 29.3 Å². The summed E-state index contributed by atoms with van der Waals surface area (Å²) < 4.78 is 3.34. The summed E-state index contributed by atoms with van der Waals surface area (Å²) in [4.78, 5) is 0. The standard InChI is InChI=1S/C14H22O.2C10H9.CH2.Zr/c1-13(2,3)10-7-8-12(15)11(9-10)14(4,5)6;2*1-8-6-9-4-2-3-5-10(9)7-8;;/h7-9,15H,1-6H3;2*2-7H,1H3;1H2;/q;2*-1;;+2. The van der Waals surface area contributed by atoms with Gasteiger partial charge in [-0.25, -0.2) is 0 Å². The van der Waals surface area contributed by atoms with E-state index in [9.17, 15) is 5.11 Å². The Balaban J connectivity index is 0.000000193. The summed E-state index contributed by atoms with van der Waals surface area (Å²) >= 11 is 1.30. The van der Waals surface area contributed by atoms with Crippen LogP contribution in [0.3, 0.4) is 0 Å². The van der Waals surface area contributed by atoms with Crippen LogP contribution in [0.5, 0.6) is 5.75 Å². The summed E-state index contributed by atoms with van der Waals surface area (Å²) in [6, 6.07) is 31.6. The van der Waals surface area contributed by atoms with E-state index in [1.807, 2.05) is 6.07 Å². The van der Waals surface area contributed by atoms with E-state index >= 15 is 0 Å². The number of phenolic OH excluding ortho intramolecular Hbond substituents is 1. The van der Waals surface area contributed by atoms with E-state index in [0.717, 1.165) is 5.56 Å². The summed E-state index contributed by atoms with van der Waals surface area (Å²) in [5.41, 5.74) is 5.11. The minimum absolute atomic E-state index is 0.00859. The Kier molecular flexibility index (Phi) is 11.0. The number of fused-ring (bicyclic) bond motifs is 2. The molecular weight excluding hydrogens is 528 g/mol. The first-order valence-electron chi connectivity index (χ1n) is 12.8. The molecular formula is C35H42OZr. The molecule has 192 valence electrons. The van der Waals surface area contributed by atoms with Gasteiger partial charge in [-0.05, 0) is 28.0 Å². The van der Waals surface area contributed by atoms with E-state index in [4.69, 9.17) is 0 Å². The van der Waals surface area contributed by atoms with Crippen LogP contribution in [0.4, 0.5) is 0 Å². The van der Waals surface area contributed by atoms with Crippen LogP contribution in [0.25, 0.3) is 21.5 Å². The van der Waals surface area contributed by atoms with Crippen molar-refractivity contribution in [3.63, 3.8) is 0 Å². The number of benzene rings is 3.